The largest absolute Gasteiger partial charge is 0.480 e. The number of halogens is 1. The van der Waals surface area contributed by atoms with E-state index in [4.69, 9.17) is 16.3 Å². The first-order chi connectivity index (χ1) is 11.1. The van der Waals surface area contributed by atoms with Gasteiger partial charge in [-0.1, -0.05) is 23.7 Å². The summed E-state index contributed by atoms with van der Waals surface area (Å²) in [4.78, 5) is 16.5. The predicted molar refractivity (Wildman–Crippen MR) is 89.9 cm³/mol. The number of hydrogen-bond acceptors (Lipinski definition) is 3. The average molecular weight is 332 g/mol. The number of carbonyl (C=O) groups excluding carboxylic acids is 1. The maximum absolute atomic E-state index is 12.4. The van der Waals surface area contributed by atoms with Gasteiger partial charge in [-0.15, -0.1) is 0 Å². The van der Waals surface area contributed by atoms with E-state index in [2.05, 4.69) is 15.6 Å². The number of benzene rings is 1. The second-order valence-corrected chi connectivity index (χ2v) is 6.02. The molecule has 5 nitrogen and oxygen atoms in total. The summed E-state index contributed by atoms with van der Waals surface area (Å²) in [6.45, 7) is 0. The molecule has 23 heavy (non-hydrogen) atoms. The zero-order valence-corrected chi connectivity index (χ0v) is 13.6. The van der Waals surface area contributed by atoms with Crippen LogP contribution in [-0.4, -0.2) is 18.1 Å². The lowest BCUT2D eigenvalue weighted by atomic mass is 9.72. The number of rotatable bonds is 4. The number of methoxy groups -OCH3 is 1. The van der Waals surface area contributed by atoms with Crippen molar-refractivity contribution in [1.29, 1.82) is 0 Å². The fourth-order valence-corrected chi connectivity index (χ4v) is 2.93. The summed E-state index contributed by atoms with van der Waals surface area (Å²) in [5.41, 5.74) is 1.28. The van der Waals surface area contributed by atoms with Crippen molar-refractivity contribution in [3.8, 4) is 5.88 Å². The summed E-state index contributed by atoms with van der Waals surface area (Å²) in [5.74, 6) is 0.386. The van der Waals surface area contributed by atoms with Crippen molar-refractivity contribution in [2.75, 3.05) is 12.4 Å². The summed E-state index contributed by atoms with van der Waals surface area (Å²) < 4.78 is 5.15. The Labute approximate surface area is 140 Å². The molecule has 3 rings (SSSR count). The van der Waals surface area contributed by atoms with Gasteiger partial charge in [0, 0.05) is 11.2 Å². The van der Waals surface area contributed by atoms with Gasteiger partial charge in [0.15, 0.2) is 0 Å². The second kappa shape index (κ2) is 6.46. The zero-order chi connectivity index (χ0) is 16.3. The van der Waals surface area contributed by atoms with Crippen LogP contribution in [0.5, 0.6) is 5.88 Å². The molecule has 1 fully saturated rings. The molecule has 0 saturated heterocycles. The van der Waals surface area contributed by atoms with Gasteiger partial charge in [0.2, 0.25) is 5.88 Å². The van der Waals surface area contributed by atoms with Crippen LogP contribution in [0.4, 0.5) is 10.5 Å². The minimum absolute atomic E-state index is 0.272. The molecule has 0 aliphatic heterocycles. The van der Waals surface area contributed by atoms with Crippen molar-refractivity contribution < 1.29 is 9.53 Å². The van der Waals surface area contributed by atoms with E-state index in [-0.39, 0.29) is 11.6 Å². The third-order valence-corrected chi connectivity index (χ3v) is 4.42. The highest BCUT2D eigenvalue weighted by Crippen LogP contribution is 2.41. The molecule has 1 aliphatic rings. The number of nitrogens with one attached hydrogen (secondary N) is 2. The third-order valence-electron chi connectivity index (χ3n) is 4.17. The van der Waals surface area contributed by atoms with E-state index in [1.54, 1.807) is 18.3 Å². The molecular weight excluding hydrogens is 314 g/mol. The van der Waals surface area contributed by atoms with Gasteiger partial charge in [0.1, 0.15) is 5.69 Å². The SMILES string of the molecule is COc1ncccc1NC(=O)NC1(c2ccc(Cl)cc2)CCC1. The zero-order valence-electron chi connectivity index (χ0n) is 12.8. The normalized spacial score (nSPS) is 15.4. The Balaban J connectivity index is 1.74. The van der Waals surface area contributed by atoms with E-state index in [1.165, 1.54) is 7.11 Å². The number of aromatic nitrogens is 1. The van der Waals surface area contributed by atoms with Crippen LogP contribution >= 0.6 is 11.6 Å². The van der Waals surface area contributed by atoms with Crippen LogP contribution in [0.3, 0.4) is 0 Å². The maximum atomic E-state index is 12.4. The molecule has 0 unspecified atom stereocenters. The van der Waals surface area contributed by atoms with Crippen molar-refractivity contribution in [3.05, 3.63) is 53.2 Å². The second-order valence-electron chi connectivity index (χ2n) is 5.58. The Kier molecular flexibility index (Phi) is 4.39. The molecule has 2 amide bonds. The first-order valence-electron chi connectivity index (χ1n) is 7.47. The molecule has 0 bridgehead atoms. The van der Waals surface area contributed by atoms with Gasteiger partial charge < -0.3 is 15.4 Å². The van der Waals surface area contributed by atoms with Gasteiger partial charge in [0.05, 0.1) is 12.6 Å². The van der Waals surface area contributed by atoms with E-state index in [9.17, 15) is 4.79 Å². The minimum Gasteiger partial charge on any atom is -0.480 e. The Morgan fingerprint density at radius 1 is 1.26 bits per heavy atom. The lowest BCUT2D eigenvalue weighted by Crippen LogP contribution is -2.52. The van der Waals surface area contributed by atoms with Crippen molar-refractivity contribution in [1.82, 2.24) is 10.3 Å². The van der Waals surface area contributed by atoms with Crippen LogP contribution in [0.2, 0.25) is 5.02 Å². The summed E-state index contributed by atoms with van der Waals surface area (Å²) >= 11 is 5.95. The molecule has 1 saturated carbocycles. The molecule has 2 aromatic rings. The number of amides is 2. The van der Waals surface area contributed by atoms with Crippen LogP contribution in [0.15, 0.2) is 42.6 Å². The van der Waals surface area contributed by atoms with Gasteiger partial charge in [-0.05, 0) is 49.1 Å². The molecule has 0 atom stereocenters. The highest BCUT2D eigenvalue weighted by atomic mass is 35.5. The monoisotopic (exact) mass is 331 g/mol. The highest BCUT2D eigenvalue weighted by Gasteiger charge is 2.40. The standard InChI is InChI=1S/C17H18ClN3O2/c1-23-15-14(4-2-11-19-15)20-16(22)21-17(9-3-10-17)12-5-7-13(18)8-6-12/h2,4-8,11H,3,9-10H2,1H3,(H2,20,21,22). The average Bonchev–Trinajstić information content (AvgIpc) is 2.52. The van der Waals surface area contributed by atoms with Crippen LogP contribution in [0.1, 0.15) is 24.8 Å². The fraction of sp³-hybridized carbons (Fsp3) is 0.294. The Hall–Kier alpha value is -2.27. The molecule has 1 aromatic carbocycles. The molecule has 0 spiro atoms. The summed E-state index contributed by atoms with van der Waals surface area (Å²) in [7, 11) is 1.52. The van der Waals surface area contributed by atoms with E-state index in [1.807, 2.05) is 24.3 Å². The molecule has 120 valence electrons. The van der Waals surface area contributed by atoms with Crippen molar-refractivity contribution >= 4 is 23.3 Å². The number of ether oxygens (including phenoxy) is 1. The summed E-state index contributed by atoms with van der Waals surface area (Å²) in [5, 5.41) is 6.58. The topological polar surface area (TPSA) is 63.2 Å². The summed E-state index contributed by atoms with van der Waals surface area (Å²) in [6, 6.07) is 10.9. The molecule has 1 aromatic heterocycles. The van der Waals surface area contributed by atoms with Gasteiger partial charge in [-0.25, -0.2) is 9.78 Å². The molecule has 0 radical (unpaired) electrons. The van der Waals surface area contributed by atoms with Gasteiger partial charge in [-0.2, -0.15) is 0 Å². The van der Waals surface area contributed by atoms with Crippen LogP contribution in [-0.2, 0) is 5.54 Å². The number of anilines is 1. The lowest BCUT2D eigenvalue weighted by Gasteiger charge is -2.43. The minimum atomic E-state index is -0.329. The third kappa shape index (κ3) is 3.24. The van der Waals surface area contributed by atoms with Crippen LogP contribution in [0.25, 0.3) is 0 Å². The summed E-state index contributed by atoms with van der Waals surface area (Å²) in [6.07, 6.45) is 4.51. The Morgan fingerprint density at radius 3 is 2.61 bits per heavy atom. The molecule has 6 heteroatoms. The van der Waals surface area contributed by atoms with Crippen molar-refractivity contribution in [3.63, 3.8) is 0 Å². The lowest BCUT2D eigenvalue weighted by molar-refractivity contribution is 0.185. The predicted octanol–water partition coefficient (Wildman–Crippen LogP) is 3.94. The van der Waals surface area contributed by atoms with Crippen molar-refractivity contribution in [2.24, 2.45) is 0 Å². The van der Waals surface area contributed by atoms with Crippen LogP contribution < -0.4 is 15.4 Å². The van der Waals surface area contributed by atoms with E-state index in [0.717, 1.165) is 24.8 Å². The smallest absolute Gasteiger partial charge is 0.320 e. The molecule has 1 aliphatic carbocycles. The maximum Gasteiger partial charge on any atom is 0.320 e. The van der Waals surface area contributed by atoms with E-state index >= 15 is 0 Å². The number of carbonyl (C=O) groups is 1. The molecule has 2 N–H and O–H groups in total. The molecular formula is C17H18ClN3O2. The van der Waals surface area contributed by atoms with Crippen LogP contribution in [0, 0.1) is 0 Å². The highest BCUT2D eigenvalue weighted by molar-refractivity contribution is 6.30. The first kappa shape index (κ1) is 15.6. The van der Waals surface area contributed by atoms with E-state index in [0.29, 0.717) is 16.6 Å². The molecule has 1 heterocycles. The van der Waals surface area contributed by atoms with Gasteiger partial charge in [0.25, 0.3) is 0 Å². The fourth-order valence-electron chi connectivity index (χ4n) is 2.80. The Morgan fingerprint density at radius 2 is 2.00 bits per heavy atom. The van der Waals surface area contributed by atoms with Gasteiger partial charge in [-0.3, -0.25) is 0 Å². The quantitative estimate of drug-likeness (QED) is 0.891. The van der Waals surface area contributed by atoms with E-state index < -0.39 is 0 Å². The number of nitrogens with zero attached hydrogens (tertiary/aromatic N) is 1. The first-order valence-corrected chi connectivity index (χ1v) is 7.85. The van der Waals surface area contributed by atoms with Gasteiger partial charge >= 0.3 is 6.03 Å². The Bertz CT molecular complexity index is 699. The number of hydrogen-bond donors (Lipinski definition) is 2. The number of urea groups is 1. The van der Waals surface area contributed by atoms with Crippen molar-refractivity contribution in [2.45, 2.75) is 24.8 Å². The number of pyridine rings is 1.